The van der Waals surface area contributed by atoms with Crippen LogP contribution < -0.4 is 5.32 Å². The predicted octanol–water partition coefficient (Wildman–Crippen LogP) is 5.03. The second-order valence-corrected chi connectivity index (χ2v) is 6.01. The molecule has 2 aromatic carbocycles. The van der Waals surface area contributed by atoms with E-state index >= 15 is 0 Å². The van der Waals surface area contributed by atoms with Crippen LogP contribution in [-0.4, -0.2) is 23.7 Å². The van der Waals surface area contributed by atoms with Gasteiger partial charge in [0.1, 0.15) is 23.7 Å². The Balaban J connectivity index is 2.32. The van der Waals surface area contributed by atoms with Gasteiger partial charge in [-0.3, -0.25) is 0 Å². The third-order valence-electron chi connectivity index (χ3n) is 4.55. The van der Waals surface area contributed by atoms with Gasteiger partial charge >= 0.3 is 12.2 Å². The van der Waals surface area contributed by atoms with E-state index in [2.05, 4.69) is 5.32 Å². The summed E-state index contributed by atoms with van der Waals surface area (Å²) in [7, 11) is 0. The number of urea groups is 1. The summed E-state index contributed by atoms with van der Waals surface area (Å²) in [6.07, 6.45) is -4.73. The Bertz CT molecular complexity index is 834. The van der Waals surface area contributed by atoms with Crippen molar-refractivity contribution in [1.82, 2.24) is 4.90 Å². The molecule has 1 atom stereocenters. The van der Waals surface area contributed by atoms with Crippen LogP contribution >= 0.6 is 0 Å². The molecule has 0 aliphatic carbocycles. The number of rotatable bonds is 3. The normalized spacial score (nSPS) is 19.9. The van der Waals surface area contributed by atoms with E-state index in [1.54, 1.807) is 6.92 Å². The molecule has 2 amide bonds. The van der Waals surface area contributed by atoms with E-state index in [9.17, 15) is 26.7 Å². The Kier molecular flexibility index (Phi) is 4.37. The van der Waals surface area contributed by atoms with Gasteiger partial charge in [0.2, 0.25) is 0 Å². The second kappa shape index (κ2) is 6.26. The van der Waals surface area contributed by atoms with Gasteiger partial charge in [0, 0.05) is 5.56 Å². The van der Waals surface area contributed by atoms with Crippen molar-refractivity contribution >= 4 is 11.7 Å². The van der Waals surface area contributed by atoms with Crippen molar-refractivity contribution in [3.8, 4) is 0 Å². The number of alkyl halides is 3. The number of amides is 2. The average molecular weight is 370 g/mol. The Hall–Kier alpha value is -2.64. The minimum absolute atomic E-state index is 0.0317. The SMILES string of the molecule is CCC1(c2ccc(F)cc2)c2c(F)cccc2NC(=O)N1CC(F)(F)F. The fourth-order valence-corrected chi connectivity index (χ4v) is 3.52. The number of halogens is 5. The summed E-state index contributed by atoms with van der Waals surface area (Å²) in [5.74, 6) is -1.34. The van der Waals surface area contributed by atoms with E-state index in [0.29, 0.717) is 4.90 Å². The van der Waals surface area contributed by atoms with Gasteiger partial charge in [0.15, 0.2) is 0 Å². The molecule has 0 spiro atoms. The van der Waals surface area contributed by atoms with Crippen molar-refractivity contribution in [2.75, 3.05) is 11.9 Å². The standard InChI is InChI=1S/C18H15F5N2O/c1-2-17(11-6-8-12(19)9-7-11)15-13(20)4-3-5-14(15)24-16(26)25(17)10-18(21,22)23/h3-9H,2,10H2,1H3,(H,24,26). The number of nitrogens with zero attached hydrogens (tertiary/aromatic N) is 1. The van der Waals surface area contributed by atoms with E-state index in [-0.39, 0.29) is 23.2 Å². The van der Waals surface area contributed by atoms with E-state index in [4.69, 9.17) is 0 Å². The molecule has 1 N–H and O–H groups in total. The van der Waals surface area contributed by atoms with Gasteiger partial charge in [-0.25, -0.2) is 13.6 Å². The van der Waals surface area contributed by atoms with Gasteiger partial charge in [-0.1, -0.05) is 25.1 Å². The summed E-state index contributed by atoms with van der Waals surface area (Å²) in [6.45, 7) is -0.0145. The highest BCUT2D eigenvalue weighted by Gasteiger charge is 2.51. The summed E-state index contributed by atoms with van der Waals surface area (Å²) in [5, 5.41) is 2.32. The zero-order valence-electron chi connectivity index (χ0n) is 13.7. The van der Waals surface area contributed by atoms with Crippen molar-refractivity contribution in [2.45, 2.75) is 25.1 Å². The molecule has 2 aromatic rings. The number of carbonyl (C=O) groups is 1. The number of fused-ring (bicyclic) bond motifs is 1. The number of carbonyl (C=O) groups excluding carboxylic acids is 1. The molecule has 0 fully saturated rings. The maximum absolute atomic E-state index is 14.7. The number of benzene rings is 2. The summed E-state index contributed by atoms with van der Waals surface area (Å²) < 4.78 is 67.6. The fraction of sp³-hybridized carbons (Fsp3) is 0.278. The smallest absolute Gasteiger partial charge is 0.307 e. The van der Waals surface area contributed by atoms with Crippen LogP contribution in [0.4, 0.5) is 32.4 Å². The average Bonchev–Trinajstić information content (AvgIpc) is 2.56. The maximum atomic E-state index is 14.7. The van der Waals surface area contributed by atoms with E-state index in [0.717, 1.165) is 18.2 Å². The lowest BCUT2D eigenvalue weighted by atomic mass is 9.76. The first-order valence-corrected chi connectivity index (χ1v) is 7.89. The van der Waals surface area contributed by atoms with Crippen LogP contribution in [0.25, 0.3) is 0 Å². The van der Waals surface area contributed by atoms with Crippen LogP contribution in [0.3, 0.4) is 0 Å². The molecule has 1 aliphatic rings. The van der Waals surface area contributed by atoms with Gasteiger partial charge in [-0.05, 0) is 36.2 Å². The molecular formula is C18H15F5N2O. The zero-order valence-corrected chi connectivity index (χ0v) is 13.7. The molecule has 8 heteroatoms. The number of hydrogen-bond acceptors (Lipinski definition) is 1. The third-order valence-corrected chi connectivity index (χ3v) is 4.55. The van der Waals surface area contributed by atoms with Gasteiger partial charge < -0.3 is 10.2 Å². The first-order chi connectivity index (χ1) is 12.2. The summed E-state index contributed by atoms with van der Waals surface area (Å²) in [5.41, 5.74) is -1.49. The molecular weight excluding hydrogens is 355 g/mol. The topological polar surface area (TPSA) is 32.3 Å². The molecule has 26 heavy (non-hydrogen) atoms. The minimum Gasteiger partial charge on any atom is -0.307 e. The van der Waals surface area contributed by atoms with Gasteiger partial charge in [-0.2, -0.15) is 13.2 Å². The lowest BCUT2D eigenvalue weighted by Gasteiger charge is -2.48. The Morgan fingerprint density at radius 3 is 2.31 bits per heavy atom. The first-order valence-electron chi connectivity index (χ1n) is 7.89. The Labute approximate surface area is 146 Å². The summed E-state index contributed by atoms with van der Waals surface area (Å²) >= 11 is 0. The van der Waals surface area contributed by atoms with Gasteiger partial charge in [-0.15, -0.1) is 0 Å². The highest BCUT2D eigenvalue weighted by Crippen LogP contribution is 2.47. The molecule has 0 saturated heterocycles. The number of hydrogen-bond donors (Lipinski definition) is 1. The zero-order chi connectivity index (χ0) is 19.1. The summed E-state index contributed by atoms with van der Waals surface area (Å²) in [6, 6.07) is 7.61. The molecule has 1 aliphatic heterocycles. The molecule has 1 unspecified atom stereocenters. The molecule has 3 rings (SSSR count). The lowest BCUT2D eigenvalue weighted by molar-refractivity contribution is -0.149. The van der Waals surface area contributed by atoms with Crippen LogP contribution in [0.5, 0.6) is 0 Å². The maximum Gasteiger partial charge on any atom is 0.406 e. The molecule has 138 valence electrons. The molecule has 3 nitrogen and oxygen atoms in total. The molecule has 0 bridgehead atoms. The van der Waals surface area contributed by atoms with Crippen LogP contribution in [0.2, 0.25) is 0 Å². The lowest BCUT2D eigenvalue weighted by Crippen LogP contribution is -2.58. The Morgan fingerprint density at radius 2 is 1.73 bits per heavy atom. The minimum atomic E-state index is -4.69. The van der Waals surface area contributed by atoms with Crippen molar-refractivity contribution in [3.05, 3.63) is 65.2 Å². The first kappa shape index (κ1) is 18.2. The van der Waals surface area contributed by atoms with E-state index < -0.39 is 35.9 Å². The van der Waals surface area contributed by atoms with E-state index in [1.165, 1.54) is 24.3 Å². The molecule has 0 radical (unpaired) electrons. The van der Waals surface area contributed by atoms with Gasteiger partial charge in [0.25, 0.3) is 0 Å². The van der Waals surface area contributed by atoms with Crippen molar-refractivity contribution in [1.29, 1.82) is 0 Å². The van der Waals surface area contributed by atoms with Crippen LogP contribution in [0.15, 0.2) is 42.5 Å². The largest absolute Gasteiger partial charge is 0.406 e. The van der Waals surface area contributed by atoms with Crippen LogP contribution in [-0.2, 0) is 5.54 Å². The fourth-order valence-electron chi connectivity index (χ4n) is 3.52. The molecule has 1 heterocycles. The predicted molar refractivity (Wildman–Crippen MR) is 85.7 cm³/mol. The van der Waals surface area contributed by atoms with Gasteiger partial charge in [0.05, 0.1) is 5.69 Å². The number of nitrogens with one attached hydrogen (secondary N) is 1. The highest BCUT2D eigenvalue weighted by atomic mass is 19.4. The van der Waals surface area contributed by atoms with Crippen molar-refractivity contribution < 1.29 is 26.7 Å². The molecule has 0 saturated carbocycles. The van der Waals surface area contributed by atoms with Crippen LogP contribution in [0, 0.1) is 11.6 Å². The van der Waals surface area contributed by atoms with Crippen molar-refractivity contribution in [2.24, 2.45) is 0 Å². The van der Waals surface area contributed by atoms with E-state index in [1.807, 2.05) is 0 Å². The third kappa shape index (κ3) is 2.89. The van der Waals surface area contributed by atoms with Crippen LogP contribution in [0.1, 0.15) is 24.5 Å². The monoisotopic (exact) mass is 370 g/mol. The summed E-state index contributed by atoms with van der Waals surface area (Å²) in [4.78, 5) is 13.0. The molecule has 0 aromatic heterocycles. The quantitative estimate of drug-likeness (QED) is 0.756. The number of anilines is 1. The van der Waals surface area contributed by atoms with Crippen molar-refractivity contribution in [3.63, 3.8) is 0 Å². The Morgan fingerprint density at radius 1 is 1.08 bits per heavy atom. The highest BCUT2D eigenvalue weighted by molar-refractivity contribution is 5.94. The second-order valence-electron chi connectivity index (χ2n) is 6.01.